The van der Waals surface area contributed by atoms with Crippen LogP contribution in [0.15, 0.2) is 45.8 Å². The van der Waals surface area contributed by atoms with Crippen LogP contribution in [-0.2, 0) is 20.0 Å². The van der Waals surface area contributed by atoms with Crippen LogP contribution in [0.2, 0.25) is 0 Å². The summed E-state index contributed by atoms with van der Waals surface area (Å²) in [6.45, 7) is 2.45. The Morgan fingerprint density at radius 2 is 2.00 bits per heavy atom. The first-order chi connectivity index (χ1) is 13.4. The Morgan fingerprint density at radius 3 is 2.68 bits per heavy atom. The first kappa shape index (κ1) is 18.3. The third-order valence-electron chi connectivity index (χ3n) is 5.18. The summed E-state index contributed by atoms with van der Waals surface area (Å²) in [5.74, 6) is 0.896. The van der Waals surface area contributed by atoms with Crippen LogP contribution in [0.5, 0.6) is 5.75 Å². The standard InChI is InChI=1S/C22H23N3O3/c1-5-13-10-14-20(27)16(12-28-21(14)15(19(13)26)11-24(2)3)22-23-17-8-6-7-9-18(17)25(22)4/h6-10,12H,5,11H2,1-4H3,(H,26,27)/p+1. The number of phenolic OH excluding ortho intramolecular Hbond substituents is 1. The molecule has 0 spiro atoms. The van der Waals surface area contributed by atoms with Gasteiger partial charge >= 0.3 is 0 Å². The van der Waals surface area contributed by atoms with Crippen LogP contribution in [0.25, 0.3) is 33.4 Å². The smallest absolute Gasteiger partial charge is 0.294 e. The first-order valence-electron chi connectivity index (χ1n) is 9.33. The molecule has 28 heavy (non-hydrogen) atoms. The van der Waals surface area contributed by atoms with Crippen LogP contribution in [0, 0.1) is 0 Å². The molecule has 2 aromatic carbocycles. The highest BCUT2D eigenvalue weighted by molar-refractivity contribution is 5.86. The molecular weight excluding hydrogens is 354 g/mol. The van der Waals surface area contributed by atoms with Gasteiger partial charge in [0.05, 0.1) is 18.0 Å². The molecule has 6 heteroatoms. The van der Waals surface area contributed by atoms with Crippen molar-refractivity contribution in [1.82, 2.24) is 9.88 Å². The molecule has 0 amide bonds. The second-order valence-electron chi connectivity index (χ2n) is 7.36. The molecule has 2 N–H and O–H groups in total. The van der Waals surface area contributed by atoms with Gasteiger partial charge in [-0.1, -0.05) is 19.1 Å². The fraction of sp³-hybridized carbons (Fsp3) is 0.273. The lowest BCUT2D eigenvalue weighted by Crippen LogP contribution is -2.30. The average Bonchev–Trinajstić information content (AvgIpc) is 3.01. The van der Waals surface area contributed by atoms with Gasteiger partial charge in [-0.15, -0.1) is 0 Å². The number of para-hydroxylation sites is 2. The Kier molecular flexibility index (Phi) is 4.43. The van der Waals surface area contributed by atoms with Crippen molar-refractivity contribution in [3.05, 3.63) is 57.9 Å². The van der Waals surface area contributed by atoms with Crippen molar-refractivity contribution >= 4 is 22.0 Å². The number of H-pyrrole nitrogens is 1. The van der Waals surface area contributed by atoms with Gasteiger partial charge in [0.2, 0.25) is 5.43 Å². The predicted octanol–water partition coefficient (Wildman–Crippen LogP) is 3.10. The molecule has 0 saturated carbocycles. The molecule has 4 rings (SSSR count). The Bertz CT molecular complexity index is 1250. The van der Waals surface area contributed by atoms with Crippen LogP contribution in [0.3, 0.4) is 0 Å². The molecule has 144 valence electrons. The Hall–Kier alpha value is -3.12. The molecule has 0 atom stereocenters. The summed E-state index contributed by atoms with van der Waals surface area (Å²) in [4.78, 5) is 18.6. The lowest BCUT2D eigenvalue weighted by molar-refractivity contribution is -0.633. The summed E-state index contributed by atoms with van der Waals surface area (Å²) in [5, 5.41) is 11.1. The summed E-state index contributed by atoms with van der Waals surface area (Å²) >= 11 is 0. The number of aromatic nitrogens is 2. The van der Waals surface area contributed by atoms with E-state index >= 15 is 0 Å². The summed E-state index contributed by atoms with van der Waals surface area (Å²) in [5.41, 5.74) is 4.14. The molecular formula is C22H24N3O3+. The number of aromatic hydroxyl groups is 1. The van der Waals surface area contributed by atoms with Gasteiger partial charge in [-0.2, -0.15) is 0 Å². The van der Waals surface area contributed by atoms with Gasteiger partial charge in [-0.3, -0.25) is 4.79 Å². The minimum atomic E-state index is -0.113. The molecule has 0 aliphatic carbocycles. The number of aromatic amines is 1. The molecule has 0 saturated heterocycles. The van der Waals surface area contributed by atoms with Crippen molar-refractivity contribution in [1.29, 1.82) is 0 Å². The summed E-state index contributed by atoms with van der Waals surface area (Å²) in [6, 6.07) is 9.65. The van der Waals surface area contributed by atoms with Gasteiger partial charge in [0.25, 0.3) is 5.82 Å². The van der Waals surface area contributed by atoms with E-state index in [-0.39, 0.29) is 11.2 Å². The topological polar surface area (TPSA) is 73.4 Å². The fourth-order valence-corrected chi connectivity index (χ4v) is 3.74. The van der Waals surface area contributed by atoms with E-state index in [9.17, 15) is 9.90 Å². The van der Waals surface area contributed by atoms with Gasteiger partial charge in [0.1, 0.15) is 23.2 Å². The minimum absolute atomic E-state index is 0.113. The van der Waals surface area contributed by atoms with Gasteiger partial charge in [-0.05, 0) is 44.3 Å². The number of hydrogen-bond acceptors (Lipinski definition) is 4. The lowest BCUT2D eigenvalue weighted by Gasteiger charge is -2.15. The molecule has 6 nitrogen and oxygen atoms in total. The van der Waals surface area contributed by atoms with Crippen LogP contribution in [0.1, 0.15) is 18.1 Å². The molecule has 0 aliphatic heterocycles. The summed E-state index contributed by atoms with van der Waals surface area (Å²) in [6.07, 6.45) is 2.12. The van der Waals surface area contributed by atoms with Crippen molar-refractivity contribution in [2.75, 3.05) is 14.1 Å². The molecule has 2 heterocycles. The van der Waals surface area contributed by atoms with E-state index in [1.807, 2.05) is 61.8 Å². The molecule has 0 radical (unpaired) electrons. The number of aryl methyl sites for hydroxylation is 2. The summed E-state index contributed by atoms with van der Waals surface area (Å²) in [7, 11) is 5.76. The fourth-order valence-electron chi connectivity index (χ4n) is 3.74. The van der Waals surface area contributed by atoms with Gasteiger partial charge in [-0.25, -0.2) is 9.55 Å². The number of imidazole rings is 1. The number of nitrogens with zero attached hydrogens (tertiary/aromatic N) is 2. The van der Waals surface area contributed by atoms with E-state index in [1.54, 1.807) is 6.07 Å². The maximum atomic E-state index is 13.4. The zero-order valence-corrected chi connectivity index (χ0v) is 16.5. The highest BCUT2D eigenvalue weighted by atomic mass is 16.3. The lowest BCUT2D eigenvalue weighted by atomic mass is 10.0. The first-order valence-corrected chi connectivity index (χ1v) is 9.33. The number of nitrogens with one attached hydrogen (secondary N) is 1. The number of hydrogen-bond donors (Lipinski definition) is 2. The number of fused-ring (bicyclic) bond motifs is 2. The summed E-state index contributed by atoms with van der Waals surface area (Å²) < 4.78 is 7.88. The molecule has 0 unspecified atom stereocenters. The van der Waals surface area contributed by atoms with Crippen molar-refractivity contribution in [2.24, 2.45) is 7.05 Å². The van der Waals surface area contributed by atoms with E-state index in [0.29, 0.717) is 40.9 Å². The second kappa shape index (κ2) is 6.80. The van der Waals surface area contributed by atoms with E-state index < -0.39 is 0 Å². The highest BCUT2D eigenvalue weighted by Crippen LogP contribution is 2.32. The molecule has 0 fully saturated rings. The van der Waals surface area contributed by atoms with Crippen molar-refractivity contribution in [3.63, 3.8) is 0 Å². The highest BCUT2D eigenvalue weighted by Gasteiger charge is 2.24. The van der Waals surface area contributed by atoms with Gasteiger partial charge in [0.15, 0.2) is 11.0 Å². The minimum Gasteiger partial charge on any atom is -0.507 e. The van der Waals surface area contributed by atoms with E-state index in [4.69, 9.17) is 4.42 Å². The van der Waals surface area contributed by atoms with Gasteiger partial charge < -0.3 is 14.4 Å². The predicted molar refractivity (Wildman–Crippen MR) is 109 cm³/mol. The second-order valence-corrected chi connectivity index (χ2v) is 7.36. The van der Waals surface area contributed by atoms with Gasteiger partial charge in [0, 0.05) is 6.54 Å². The van der Waals surface area contributed by atoms with E-state index in [2.05, 4.69) is 4.98 Å². The molecule has 0 aliphatic rings. The van der Waals surface area contributed by atoms with Crippen LogP contribution in [-0.4, -0.2) is 29.1 Å². The quantitative estimate of drug-likeness (QED) is 0.535. The van der Waals surface area contributed by atoms with Crippen LogP contribution >= 0.6 is 0 Å². The number of phenols is 1. The van der Waals surface area contributed by atoms with Crippen molar-refractivity contribution in [2.45, 2.75) is 19.9 Å². The van der Waals surface area contributed by atoms with Crippen molar-refractivity contribution < 1.29 is 14.1 Å². The Labute approximate surface area is 162 Å². The van der Waals surface area contributed by atoms with Crippen LogP contribution in [0.4, 0.5) is 0 Å². The normalized spacial score (nSPS) is 11.8. The number of rotatable bonds is 4. The molecule has 4 aromatic rings. The average molecular weight is 378 g/mol. The molecule has 2 aromatic heterocycles. The Balaban J connectivity index is 2.02. The van der Waals surface area contributed by atoms with E-state index in [1.165, 1.54) is 6.26 Å². The maximum Gasteiger partial charge on any atom is 0.294 e. The number of benzene rings is 2. The zero-order chi connectivity index (χ0) is 20.0. The maximum absolute atomic E-state index is 13.4. The third kappa shape index (κ3) is 2.77. The van der Waals surface area contributed by atoms with Crippen molar-refractivity contribution in [3.8, 4) is 17.1 Å². The SMILES string of the molecule is CCc1cc2c(=O)c(-c3[nH]c4ccccc4[n+]3C)coc2c(CN(C)C)c1O. The monoisotopic (exact) mass is 378 g/mol. The van der Waals surface area contributed by atoms with Crippen LogP contribution < -0.4 is 10.00 Å². The Morgan fingerprint density at radius 1 is 1.25 bits per heavy atom. The zero-order valence-electron chi connectivity index (χ0n) is 16.5. The largest absolute Gasteiger partial charge is 0.507 e. The third-order valence-corrected chi connectivity index (χ3v) is 5.18. The molecule has 0 bridgehead atoms. The van der Waals surface area contributed by atoms with E-state index in [0.717, 1.165) is 16.6 Å².